The number of carbonyl (C=O) groups excluding carboxylic acids is 2. The van der Waals surface area contributed by atoms with E-state index in [1.807, 2.05) is 6.92 Å². The van der Waals surface area contributed by atoms with E-state index < -0.39 is 0 Å². The Hall–Kier alpha value is -2.05. The molecule has 2 aromatic rings. The predicted octanol–water partition coefficient (Wildman–Crippen LogP) is 2.32. The van der Waals surface area contributed by atoms with Crippen molar-refractivity contribution >= 4 is 34.4 Å². The van der Waals surface area contributed by atoms with Gasteiger partial charge in [-0.1, -0.05) is 11.6 Å². The Balaban J connectivity index is 1.78. The lowest BCUT2D eigenvalue weighted by atomic mass is 9.96. The van der Waals surface area contributed by atoms with E-state index in [0.717, 1.165) is 23.8 Å². The topological polar surface area (TPSA) is 88.6 Å². The minimum Gasteiger partial charge on any atom is -0.451 e. The molecule has 0 radical (unpaired) electrons. The van der Waals surface area contributed by atoms with E-state index >= 15 is 0 Å². The van der Waals surface area contributed by atoms with Gasteiger partial charge in [0.15, 0.2) is 5.76 Å². The fourth-order valence-corrected chi connectivity index (χ4v) is 3.43. The fraction of sp³-hybridized carbons (Fsp3) is 0.444. The van der Waals surface area contributed by atoms with Crippen molar-refractivity contribution in [3.05, 3.63) is 34.5 Å². The van der Waals surface area contributed by atoms with Crippen LogP contribution in [0.4, 0.5) is 0 Å². The molecule has 134 valence electrons. The number of benzene rings is 1. The van der Waals surface area contributed by atoms with Gasteiger partial charge in [-0.25, -0.2) is 0 Å². The van der Waals surface area contributed by atoms with Crippen LogP contribution in [0.3, 0.4) is 0 Å². The minimum absolute atomic E-state index is 0.0453. The molecular formula is C18H22ClN3O3. The Morgan fingerprint density at radius 1 is 1.44 bits per heavy atom. The van der Waals surface area contributed by atoms with Crippen molar-refractivity contribution in [1.29, 1.82) is 0 Å². The highest BCUT2D eigenvalue weighted by Crippen LogP contribution is 2.29. The molecule has 2 amide bonds. The maximum atomic E-state index is 12.9. The van der Waals surface area contributed by atoms with E-state index in [2.05, 4.69) is 5.32 Å². The average Bonchev–Trinajstić information content (AvgIpc) is 2.95. The van der Waals surface area contributed by atoms with Crippen LogP contribution in [-0.2, 0) is 4.79 Å². The van der Waals surface area contributed by atoms with Crippen LogP contribution in [0.2, 0.25) is 5.02 Å². The normalized spacial score (nSPS) is 17.7. The summed E-state index contributed by atoms with van der Waals surface area (Å²) in [5.41, 5.74) is 6.83. The van der Waals surface area contributed by atoms with Gasteiger partial charge in [0.2, 0.25) is 5.91 Å². The summed E-state index contributed by atoms with van der Waals surface area (Å²) < 4.78 is 5.76. The molecule has 7 heteroatoms. The summed E-state index contributed by atoms with van der Waals surface area (Å²) in [6.07, 6.45) is 1.56. The quantitative estimate of drug-likeness (QED) is 0.872. The summed E-state index contributed by atoms with van der Waals surface area (Å²) in [5.74, 6) is -0.110. The summed E-state index contributed by atoms with van der Waals surface area (Å²) in [6.45, 7) is 3.72. The lowest BCUT2D eigenvalue weighted by molar-refractivity contribution is -0.126. The predicted molar refractivity (Wildman–Crippen MR) is 96.7 cm³/mol. The number of fused-ring (bicyclic) bond motifs is 1. The summed E-state index contributed by atoms with van der Waals surface area (Å²) >= 11 is 6.03. The third kappa shape index (κ3) is 3.65. The first-order chi connectivity index (χ1) is 12.0. The molecule has 1 aliphatic rings. The largest absolute Gasteiger partial charge is 0.451 e. The number of amides is 2. The summed E-state index contributed by atoms with van der Waals surface area (Å²) in [6, 6.07) is 5.30. The van der Waals surface area contributed by atoms with E-state index in [0.29, 0.717) is 42.5 Å². The summed E-state index contributed by atoms with van der Waals surface area (Å²) in [4.78, 5) is 26.8. The molecule has 3 N–H and O–H groups in total. The molecular weight excluding hydrogens is 342 g/mol. The van der Waals surface area contributed by atoms with E-state index in [1.165, 1.54) is 0 Å². The highest BCUT2D eigenvalue weighted by atomic mass is 35.5. The third-order valence-corrected chi connectivity index (χ3v) is 4.85. The Kier molecular flexibility index (Phi) is 5.30. The number of nitrogens with zero attached hydrogens (tertiary/aromatic N) is 1. The summed E-state index contributed by atoms with van der Waals surface area (Å²) in [5, 5.41) is 4.24. The first-order valence-electron chi connectivity index (χ1n) is 8.47. The zero-order valence-corrected chi connectivity index (χ0v) is 14.9. The second-order valence-electron chi connectivity index (χ2n) is 6.37. The van der Waals surface area contributed by atoms with Gasteiger partial charge in [-0.15, -0.1) is 0 Å². The van der Waals surface area contributed by atoms with Gasteiger partial charge < -0.3 is 20.4 Å². The van der Waals surface area contributed by atoms with Gasteiger partial charge in [0.05, 0.1) is 5.92 Å². The maximum Gasteiger partial charge on any atom is 0.289 e. The van der Waals surface area contributed by atoms with Crippen LogP contribution < -0.4 is 11.1 Å². The highest BCUT2D eigenvalue weighted by molar-refractivity contribution is 6.31. The van der Waals surface area contributed by atoms with Gasteiger partial charge in [-0.2, -0.15) is 0 Å². The van der Waals surface area contributed by atoms with Crippen LogP contribution in [-0.4, -0.2) is 42.9 Å². The van der Waals surface area contributed by atoms with Gasteiger partial charge in [-0.3, -0.25) is 9.59 Å². The van der Waals surface area contributed by atoms with Crippen LogP contribution in [0.15, 0.2) is 22.6 Å². The SMILES string of the molecule is Cc1c(C(=O)N2CCCC(C(=O)NCCN)C2)oc2ccc(Cl)cc12. The molecule has 0 saturated carbocycles. The highest BCUT2D eigenvalue weighted by Gasteiger charge is 2.31. The molecule has 1 fully saturated rings. The number of hydrogen-bond donors (Lipinski definition) is 2. The van der Waals surface area contributed by atoms with Gasteiger partial charge in [0, 0.05) is 42.2 Å². The zero-order valence-electron chi connectivity index (χ0n) is 14.2. The number of furan rings is 1. The molecule has 25 heavy (non-hydrogen) atoms. The molecule has 0 spiro atoms. The molecule has 3 rings (SSSR count). The van der Waals surface area contributed by atoms with Crippen LogP contribution in [0.1, 0.15) is 29.0 Å². The first-order valence-corrected chi connectivity index (χ1v) is 8.84. The fourth-order valence-electron chi connectivity index (χ4n) is 3.26. The molecule has 1 unspecified atom stereocenters. The number of rotatable bonds is 4. The van der Waals surface area contributed by atoms with Crippen molar-refractivity contribution in [2.24, 2.45) is 11.7 Å². The number of likely N-dealkylation sites (tertiary alicyclic amines) is 1. The second-order valence-corrected chi connectivity index (χ2v) is 6.80. The van der Waals surface area contributed by atoms with Crippen molar-refractivity contribution in [3.63, 3.8) is 0 Å². The van der Waals surface area contributed by atoms with E-state index in [9.17, 15) is 9.59 Å². The van der Waals surface area contributed by atoms with Crippen molar-refractivity contribution in [2.45, 2.75) is 19.8 Å². The smallest absolute Gasteiger partial charge is 0.289 e. The molecule has 0 aliphatic carbocycles. The van der Waals surface area contributed by atoms with Crippen molar-refractivity contribution in [1.82, 2.24) is 10.2 Å². The monoisotopic (exact) mass is 363 g/mol. The number of hydrogen-bond acceptors (Lipinski definition) is 4. The molecule has 6 nitrogen and oxygen atoms in total. The van der Waals surface area contributed by atoms with E-state index in [1.54, 1.807) is 23.1 Å². The van der Waals surface area contributed by atoms with Crippen LogP contribution >= 0.6 is 11.6 Å². The Labute approximate surface area is 151 Å². The van der Waals surface area contributed by atoms with Crippen molar-refractivity contribution < 1.29 is 14.0 Å². The van der Waals surface area contributed by atoms with Gasteiger partial charge >= 0.3 is 0 Å². The molecule has 2 heterocycles. The Morgan fingerprint density at radius 3 is 3.00 bits per heavy atom. The molecule has 1 saturated heterocycles. The maximum absolute atomic E-state index is 12.9. The molecule has 1 aromatic heterocycles. The van der Waals surface area contributed by atoms with Crippen molar-refractivity contribution in [2.75, 3.05) is 26.2 Å². The number of piperidine rings is 1. The van der Waals surface area contributed by atoms with Gasteiger partial charge in [-0.05, 0) is 38.0 Å². The number of aryl methyl sites for hydroxylation is 1. The average molecular weight is 364 g/mol. The standard InChI is InChI=1S/C18H22ClN3O3/c1-11-14-9-13(19)4-5-15(14)25-16(11)18(24)22-8-2-3-12(10-22)17(23)21-7-6-20/h4-5,9,12H,2-3,6-8,10,20H2,1H3,(H,21,23). The molecule has 1 atom stereocenters. The van der Waals surface area contributed by atoms with Crippen molar-refractivity contribution in [3.8, 4) is 0 Å². The first kappa shape index (κ1) is 17.8. The lowest BCUT2D eigenvalue weighted by Gasteiger charge is -2.31. The molecule has 1 aromatic carbocycles. The molecule has 1 aliphatic heterocycles. The third-order valence-electron chi connectivity index (χ3n) is 4.62. The summed E-state index contributed by atoms with van der Waals surface area (Å²) in [7, 11) is 0. The van der Waals surface area contributed by atoms with Crippen LogP contribution in [0.25, 0.3) is 11.0 Å². The number of nitrogens with two attached hydrogens (primary N) is 1. The van der Waals surface area contributed by atoms with Gasteiger partial charge in [0.25, 0.3) is 5.91 Å². The molecule has 0 bridgehead atoms. The number of carbonyl (C=O) groups is 2. The number of nitrogens with one attached hydrogen (secondary N) is 1. The van der Waals surface area contributed by atoms with E-state index in [4.69, 9.17) is 21.8 Å². The minimum atomic E-state index is -0.205. The van der Waals surface area contributed by atoms with Crippen LogP contribution in [0.5, 0.6) is 0 Å². The van der Waals surface area contributed by atoms with Gasteiger partial charge in [0.1, 0.15) is 5.58 Å². The Morgan fingerprint density at radius 2 is 2.24 bits per heavy atom. The van der Waals surface area contributed by atoms with Crippen LogP contribution in [0, 0.1) is 12.8 Å². The second kappa shape index (κ2) is 7.45. The van der Waals surface area contributed by atoms with E-state index in [-0.39, 0.29) is 17.7 Å². The lowest BCUT2D eigenvalue weighted by Crippen LogP contribution is -2.46. The Bertz CT molecular complexity index is 802. The number of halogens is 1. The zero-order chi connectivity index (χ0) is 18.0.